The van der Waals surface area contributed by atoms with Crippen molar-refractivity contribution in [3.8, 4) is 11.3 Å². The van der Waals surface area contributed by atoms with E-state index in [-0.39, 0.29) is 5.91 Å². The molecule has 1 aliphatic rings. The van der Waals surface area contributed by atoms with E-state index in [1.807, 2.05) is 47.4 Å². The molecule has 3 nitrogen and oxygen atoms in total. The Kier molecular flexibility index (Phi) is 4.77. The zero-order valence-corrected chi connectivity index (χ0v) is 16.4. The van der Waals surface area contributed by atoms with Crippen LogP contribution in [0.5, 0.6) is 0 Å². The number of amides is 1. The standard InChI is InChI=1S/C22H21BrN2O/c1-15-6-5-7-18-19(22(26)25-12-3-2-4-13-25)14-20(24-21(15)18)16-8-10-17(23)11-9-16/h5-11,14H,2-4,12-13H2,1H3. The van der Waals surface area contributed by atoms with Crippen LogP contribution in [0.4, 0.5) is 0 Å². The molecule has 26 heavy (non-hydrogen) atoms. The third-order valence-corrected chi connectivity index (χ3v) is 5.58. The Morgan fingerprint density at radius 3 is 2.50 bits per heavy atom. The topological polar surface area (TPSA) is 33.2 Å². The van der Waals surface area contributed by atoms with Gasteiger partial charge in [-0.3, -0.25) is 4.79 Å². The number of rotatable bonds is 2. The second-order valence-electron chi connectivity index (χ2n) is 6.89. The number of piperidine rings is 1. The maximum absolute atomic E-state index is 13.3. The maximum atomic E-state index is 13.3. The van der Waals surface area contributed by atoms with Crippen LogP contribution in [0.2, 0.25) is 0 Å². The number of fused-ring (bicyclic) bond motifs is 1. The first-order chi connectivity index (χ1) is 12.6. The van der Waals surface area contributed by atoms with Gasteiger partial charge in [-0.2, -0.15) is 0 Å². The van der Waals surface area contributed by atoms with E-state index in [1.165, 1.54) is 6.42 Å². The third kappa shape index (κ3) is 3.26. The second kappa shape index (κ2) is 7.20. The van der Waals surface area contributed by atoms with Gasteiger partial charge < -0.3 is 4.90 Å². The quantitative estimate of drug-likeness (QED) is 0.552. The number of carbonyl (C=O) groups is 1. The fourth-order valence-corrected chi connectivity index (χ4v) is 3.87. The summed E-state index contributed by atoms with van der Waals surface area (Å²) in [5.74, 6) is 0.126. The fraction of sp³-hybridized carbons (Fsp3) is 0.273. The normalized spacial score (nSPS) is 14.6. The van der Waals surface area contributed by atoms with Crippen molar-refractivity contribution in [2.45, 2.75) is 26.2 Å². The molecule has 1 aliphatic heterocycles. The Morgan fingerprint density at radius 2 is 1.77 bits per heavy atom. The van der Waals surface area contributed by atoms with Crippen LogP contribution in [0.1, 0.15) is 35.2 Å². The van der Waals surface area contributed by atoms with Gasteiger partial charge in [0, 0.05) is 28.5 Å². The van der Waals surface area contributed by atoms with Crippen LogP contribution < -0.4 is 0 Å². The molecule has 3 aromatic rings. The summed E-state index contributed by atoms with van der Waals surface area (Å²) < 4.78 is 1.03. The Morgan fingerprint density at radius 1 is 1.04 bits per heavy atom. The van der Waals surface area contributed by atoms with Gasteiger partial charge in [0.25, 0.3) is 5.91 Å². The third-order valence-electron chi connectivity index (χ3n) is 5.05. The predicted molar refractivity (Wildman–Crippen MR) is 109 cm³/mol. The molecule has 4 heteroatoms. The van der Waals surface area contributed by atoms with Crippen molar-refractivity contribution in [1.82, 2.24) is 9.88 Å². The molecule has 0 spiro atoms. The van der Waals surface area contributed by atoms with E-state index in [9.17, 15) is 4.79 Å². The first-order valence-corrected chi connectivity index (χ1v) is 9.88. The fourth-order valence-electron chi connectivity index (χ4n) is 3.60. The molecule has 0 radical (unpaired) electrons. The molecule has 1 saturated heterocycles. The predicted octanol–water partition coefficient (Wildman–Crippen LogP) is 5.60. The van der Waals surface area contributed by atoms with Crippen molar-refractivity contribution >= 4 is 32.7 Å². The molecule has 0 atom stereocenters. The number of hydrogen-bond acceptors (Lipinski definition) is 2. The molecular formula is C22H21BrN2O. The highest BCUT2D eigenvalue weighted by Gasteiger charge is 2.22. The summed E-state index contributed by atoms with van der Waals surface area (Å²) >= 11 is 3.48. The van der Waals surface area contributed by atoms with Gasteiger partial charge in [0.05, 0.1) is 16.8 Å². The molecule has 4 rings (SSSR count). The lowest BCUT2D eigenvalue weighted by Crippen LogP contribution is -2.35. The Balaban J connectivity index is 1.88. The lowest BCUT2D eigenvalue weighted by atomic mass is 10.00. The van der Waals surface area contributed by atoms with E-state index in [0.717, 1.165) is 63.7 Å². The maximum Gasteiger partial charge on any atom is 0.254 e. The number of likely N-dealkylation sites (tertiary alicyclic amines) is 1. The largest absolute Gasteiger partial charge is 0.339 e. The molecule has 1 amide bonds. The zero-order valence-electron chi connectivity index (χ0n) is 14.8. The molecule has 0 aliphatic carbocycles. The second-order valence-corrected chi connectivity index (χ2v) is 7.80. The number of carbonyl (C=O) groups excluding carboxylic acids is 1. The summed E-state index contributed by atoms with van der Waals surface area (Å²) in [5.41, 5.74) is 4.63. The summed E-state index contributed by atoms with van der Waals surface area (Å²) in [4.78, 5) is 20.1. The van der Waals surface area contributed by atoms with Crippen LogP contribution in [-0.2, 0) is 0 Å². The lowest BCUT2D eigenvalue weighted by molar-refractivity contribution is 0.0726. The van der Waals surface area contributed by atoms with Crippen LogP contribution in [0.15, 0.2) is 53.0 Å². The smallest absolute Gasteiger partial charge is 0.254 e. The van der Waals surface area contributed by atoms with Crippen molar-refractivity contribution in [3.05, 3.63) is 64.1 Å². The average Bonchev–Trinajstić information content (AvgIpc) is 2.68. The first-order valence-electron chi connectivity index (χ1n) is 9.09. The van der Waals surface area contributed by atoms with E-state index in [2.05, 4.69) is 28.9 Å². The van der Waals surface area contributed by atoms with Gasteiger partial charge in [0.1, 0.15) is 0 Å². The van der Waals surface area contributed by atoms with Gasteiger partial charge in [-0.1, -0.05) is 46.3 Å². The van der Waals surface area contributed by atoms with Crippen molar-refractivity contribution in [3.63, 3.8) is 0 Å². The van der Waals surface area contributed by atoms with E-state index < -0.39 is 0 Å². The highest BCUT2D eigenvalue weighted by atomic mass is 79.9. The highest BCUT2D eigenvalue weighted by molar-refractivity contribution is 9.10. The molecule has 2 heterocycles. The number of nitrogens with zero attached hydrogens (tertiary/aromatic N) is 2. The first kappa shape index (κ1) is 17.2. The Hall–Kier alpha value is -2.20. The molecule has 0 bridgehead atoms. The van der Waals surface area contributed by atoms with Crippen LogP contribution in [0, 0.1) is 6.92 Å². The summed E-state index contributed by atoms with van der Waals surface area (Å²) in [6.45, 7) is 3.75. The number of halogens is 1. The lowest BCUT2D eigenvalue weighted by Gasteiger charge is -2.27. The monoisotopic (exact) mass is 408 g/mol. The minimum atomic E-state index is 0.126. The summed E-state index contributed by atoms with van der Waals surface area (Å²) in [7, 11) is 0. The van der Waals surface area contributed by atoms with Crippen LogP contribution >= 0.6 is 15.9 Å². The van der Waals surface area contributed by atoms with Gasteiger partial charge in [0.15, 0.2) is 0 Å². The van der Waals surface area contributed by atoms with Crippen LogP contribution in [0.3, 0.4) is 0 Å². The molecule has 0 unspecified atom stereocenters. The number of benzene rings is 2. The highest BCUT2D eigenvalue weighted by Crippen LogP contribution is 2.29. The summed E-state index contributed by atoms with van der Waals surface area (Å²) in [5, 5.41) is 0.946. The van der Waals surface area contributed by atoms with Gasteiger partial charge in [-0.25, -0.2) is 4.98 Å². The molecule has 1 aromatic heterocycles. The Bertz CT molecular complexity index is 960. The number of aryl methyl sites for hydroxylation is 1. The van der Waals surface area contributed by atoms with Crippen molar-refractivity contribution in [2.75, 3.05) is 13.1 Å². The van der Waals surface area contributed by atoms with Gasteiger partial charge in [0.2, 0.25) is 0 Å². The molecule has 132 valence electrons. The van der Waals surface area contributed by atoms with Crippen molar-refractivity contribution < 1.29 is 4.79 Å². The van der Waals surface area contributed by atoms with E-state index in [4.69, 9.17) is 4.98 Å². The Labute approximate surface area is 162 Å². The van der Waals surface area contributed by atoms with E-state index in [1.54, 1.807) is 0 Å². The SMILES string of the molecule is Cc1cccc2c(C(=O)N3CCCCC3)cc(-c3ccc(Br)cc3)nc12. The van der Waals surface area contributed by atoms with Gasteiger partial charge in [-0.15, -0.1) is 0 Å². The number of hydrogen-bond donors (Lipinski definition) is 0. The van der Waals surface area contributed by atoms with Crippen molar-refractivity contribution in [2.24, 2.45) is 0 Å². The minimum absolute atomic E-state index is 0.126. The van der Waals surface area contributed by atoms with Crippen LogP contribution in [-0.4, -0.2) is 28.9 Å². The van der Waals surface area contributed by atoms with Crippen molar-refractivity contribution in [1.29, 1.82) is 0 Å². The average molecular weight is 409 g/mol. The zero-order chi connectivity index (χ0) is 18.1. The molecule has 0 saturated carbocycles. The summed E-state index contributed by atoms with van der Waals surface area (Å²) in [6.07, 6.45) is 3.39. The molecular weight excluding hydrogens is 388 g/mol. The number of para-hydroxylation sites is 1. The number of pyridine rings is 1. The minimum Gasteiger partial charge on any atom is -0.339 e. The molecule has 0 N–H and O–H groups in total. The van der Waals surface area contributed by atoms with E-state index >= 15 is 0 Å². The molecule has 1 fully saturated rings. The van der Waals surface area contributed by atoms with Gasteiger partial charge >= 0.3 is 0 Å². The van der Waals surface area contributed by atoms with E-state index in [0.29, 0.717) is 0 Å². The number of aromatic nitrogens is 1. The van der Waals surface area contributed by atoms with Gasteiger partial charge in [-0.05, 0) is 49.9 Å². The van der Waals surface area contributed by atoms with Crippen LogP contribution in [0.25, 0.3) is 22.2 Å². The summed E-state index contributed by atoms with van der Waals surface area (Å²) in [6, 6.07) is 16.1. The molecule has 2 aromatic carbocycles.